The highest BCUT2D eigenvalue weighted by Crippen LogP contribution is 2.25. The average Bonchev–Trinajstić information content (AvgIpc) is 3.51. The SMILES string of the molecule is CCC[C@@H](C(=O)N[C@H](CC(N)=O)Cc1ccc2ccccc2c1)C(=O)OCc1ccccc1NC(=O)c1cn(Cc2ccccc2)c2ccccc12. The lowest BCUT2D eigenvalue weighted by molar-refractivity contribution is -0.154. The average molecular weight is 695 g/mol. The van der Waals surface area contributed by atoms with Gasteiger partial charge in [-0.3, -0.25) is 19.2 Å². The van der Waals surface area contributed by atoms with Crippen molar-refractivity contribution in [3.05, 3.63) is 150 Å². The van der Waals surface area contributed by atoms with E-state index in [2.05, 4.69) is 15.2 Å². The van der Waals surface area contributed by atoms with Crippen LogP contribution in [0.1, 0.15) is 53.2 Å². The van der Waals surface area contributed by atoms with E-state index in [4.69, 9.17) is 10.5 Å². The van der Waals surface area contributed by atoms with Crippen molar-refractivity contribution in [1.82, 2.24) is 9.88 Å². The Kier molecular flexibility index (Phi) is 11.4. The number of hydrogen-bond acceptors (Lipinski definition) is 5. The molecule has 0 spiro atoms. The number of primary amides is 1. The summed E-state index contributed by atoms with van der Waals surface area (Å²) in [5.41, 5.74) is 10.1. The lowest BCUT2D eigenvalue weighted by atomic mass is 9.98. The molecule has 2 atom stereocenters. The fourth-order valence-corrected chi connectivity index (χ4v) is 6.56. The molecule has 0 bridgehead atoms. The number of amides is 3. The first-order chi connectivity index (χ1) is 25.3. The Morgan fingerprint density at radius 2 is 1.50 bits per heavy atom. The molecule has 0 fully saturated rings. The van der Waals surface area contributed by atoms with Crippen molar-refractivity contribution < 1.29 is 23.9 Å². The number of para-hydroxylation sites is 2. The van der Waals surface area contributed by atoms with Crippen LogP contribution < -0.4 is 16.4 Å². The number of anilines is 1. The van der Waals surface area contributed by atoms with Gasteiger partial charge < -0.3 is 25.7 Å². The van der Waals surface area contributed by atoms with Gasteiger partial charge in [0, 0.05) is 47.4 Å². The van der Waals surface area contributed by atoms with Crippen molar-refractivity contribution in [2.45, 2.75) is 51.8 Å². The highest BCUT2D eigenvalue weighted by molar-refractivity contribution is 6.13. The molecule has 1 heterocycles. The first kappa shape index (κ1) is 35.6. The summed E-state index contributed by atoms with van der Waals surface area (Å²) in [6.07, 6.45) is 2.96. The van der Waals surface area contributed by atoms with Crippen LogP contribution in [0.3, 0.4) is 0 Å². The zero-order chi connectivity index (χ0) is 36.5. The maximum absolute atomic E-state index is 13.7. The second-order valence-electron chi connectivity index (χ2n) is 13.0. The third-order valence-electron chi connectivity index (χ3n) is 9.13. The smallest absolute Gasteiger partial charge is 0.318 e. The van der Waals surface area contributed by atoms with Crippen molar-refractivity contribution in [2.75, 3.05) is 5.32 Å². The van der Waals surface area contributed by atoms with Gasteiger partial charge in [-0.25, -0.2) is 0 Å². The van der Waals surface area contributed by atoms with E-state index in [1.165, 1.54) is 0 Å². The summed E-state index contributed by atoms with van der Waals surface area (Å²) in [5, 5.41) is 8.86. The Morgan fingerprint density at radius 3 is 2.29 bits per heavy atom. The molecule has 9 heteroatoms. The number of ether oxygens (including phenoxy) is 1. The normalized spacial score (nSPS) is 12.2. The van der Waals surface area contributed by atoms with Crippen LogP contribution in [0.15, 0.2) is 128 Å². The predicted molar refractivity (Wildman–Crippen MR) is 203 cm³/mol. The number of fused-ring (bicyclic) bond motifs is 2. The van der Waals surface area contributed by atoms with E-state index in [1.807, 2.05) is 110 Å². The molecule has 52 heavy (non-hydrogen) atoms. The molecule has 6 aromatic rings. The minimum Gasteiger partial charge on any atom is -0.460 e. The summed E-state index contributed by atoms with van der Waals surface area (Å²) in [6.45, 7) is 2.34. The number of aromatic nitrogens is 1. The number of nitrogens with zero attached hydrogens (tertiary/aromatic N) is 1. The topological polar surface area (TPSA) is 133 Å². The fourth-order valence-electron chi connectivity index (χ4n) is 6.56. The Hall–Kier alpha value is -6.22. The summed E-state index contributed by atoms with van der Waals surface area (Å²) >= 11 is 0. The third-order valence-corrected chi connectivity index (χ3v) is 9.13. The van der Waals surface area contributed by atoms with Gasteiger partial charge in [0.05, 0.1) is 5.56 Å². The maximum Gasteiger partial charge on any atom is 0.318 e. The van der Waals surface area contributed by atoms with Gasteiger partial charge in [-0.15, -0.1) is 0 Å². The highest BCUT2D eigenvalue weighted by Gasteiger charge is 2.30. The van der Waals surface area contributed by atoms with Crippen molar-refractivity contribution in [3.8, 4) is 0 Å². The summed E-state index contributed by atoms with van der Waals surface area (Å²) in [4.78, 5) is 52.7. The van der Waals surface area contributed by atoms with Crippen LogP contribution in [0.25, 0.3) is 21.7 Å². The Bertz CT molecular complexity index is 2210. The quantitative estimate of drug-likeness (QED) is 0.0776. The predicted octanol–water partition coefficient (Wildman–Crippen LogP) is 7.16. The van der Waals surface area contributed by atoms with E-state index in [1.54, 1.807) is 24.3 Å². The summed E-state index contributed by atoms with van der Waals surface area (Å²) in [6, 6.07) is 38.2. The first-order valence-electron chi connectivity index (χ1n) is 17.5. The van der Waals surface area contributed by atoms with E-state index in [0.29, 0.717) is 36.2 Å². The molecule has 0 aliphatic heterocycles. The largest absolute Gasteiger partial charge is 0.460 e. The van der Waals surface area contributed by atoms with Gasteiger partial charge >= 0.3 is 5.97 Å². The molecular weight excluding hydrogens is 652 g/mol. The van der Waals surface area contributed by atoms with Crippen LogP contribution in [-0.2, 0) is 38.7 Å². The Balaban J connectivity index is 1.13. The van der Waals surface area contributed by atoms with Gasteiger partial charge in [-0.2, -0.15) is 0 Å². The van der Waals surface area contributed by atoms with Crippen molar-refractivity contribution in [2.24, 2.45) is 11.7 Å². The minimum absolute atomic E-state index is 0.0789. The number of esters is 1. The van der Waals surface area contributed by atoms with Crippen LogP contribution in [0.2, 0.25) is 0 Å². The lowest BCUT2D eigenvalue weighted by Gasteiger charge is -2.22. The molecule has 3 amide bonds. The second-order valence-corrected chi connectivity index (χ2v) is 13.0. The number of nitrogens with two attached hydrogens (primary N) is 1. The number of hydrogen-bond donors (Lipinski definition) is 3. The molecule has 4 N–H and O–H groups in total. The van der Waals surface area contributed by atoms with Crippen LogP contribution >= 0.6 is 0 Å². The van der Waals surface area contributed by atoms with Gasteiger partial charge in [0.1, 0.15) is 12.5 Å². The van der Waals surface area contributed by atoms with E-state index in [-0.39, 0.29) is 25.4 Å². The fraction of sp³-hybridized carbons (Fsp3) is 0.209. The van der Waals surface area contributed by atoms with Crippen molar-refractivity contribution >= 4 is 51.1 Å². The van der Waals surface area contributed by atoms with E-state index in [0.717, 1.165) is 32.8 Å². The molecule has 6 rings (SSSR count). The van der Waals surface area contributed by atoms with Crippen molar-refractivity contribution in [3.63, 3.8) is 0 Å². The molecule has 0 radical (unpaired) electrons. The molecule has 1 aromatic heterocycles. The minimum atomic E-state index is -1.09. The number of carbonyl (C=O) groups excluding carboxylic acids is 4. The second kappa shape index (κ2) is 16.7. The van der Waals surface area contributed by atoms with E-state index >= 15 is 0 Å². The molecule has 0 saturated heterocycles. The summed E-state index contributed by atoms with van der Waals surface area (Å²) < 4.78 is 7.77. The van der Waals surface area contributed by atoms with Gasteiger partial charge in [0.25, 0.3) is 5.91 Å². The van der Waals surface area contributed by atoms with Crippen LogP contribution in [0.5, 0.6) is 0 Å². The van der Waals surface area contributed by atoms with Gasteiger partial charge in [-0.05, 0) is 46.9 Å². The van der Waals surface area contributed by atoms with E-state index < -0.39 is 29.7 Å². The molecule has 5 aromatic carbocycles. The van der Waals surface area contributed by atoms with Gasteiger partial charge in [0.15, 0.2) is 0 Å². The number of benzene rings is 5. The van der Waals surface area contributed by atoms with Crippen molar-refractivity contribution in [1.29, 1.82) is 0 Å². The number of carbonyl (C=O) groups is 4. The monoisotopic (exact) mass is 694 g/mol. The maximum atomic E-state index is 13.7. The summed E-state index contributed by atoms with van der Waals surface area (Å²) in [5.74, 6) is -3.15. The third kappa shape index (κ3) is 8.73. The molecule has 0 unspecified atom stereocenters. The molecular formula is C43H42N4O5. The van der Waals surface area contributed by atoms with E-state index in [9.17, 15) is 19.2 Å². The van der Waals surface area contributed by atoms with Gasteiger partial charge in [0.2, 0.25) is 11.8 Å². The number of nitrogens with one attached hydrogen (secondary N) is 2. The van der Waals surface area contributed by atoms with Crippen LogP contribution in [0, 0.1) is 5.92 Å². The Labute approximate surface area is 302 Å². The molecule has 264 valence electrons. The lowest BCUT2D eigenvalue weighted by Crippen LogP contribution is -2.44. The zero-order valence-electron chi connectivity index (χ0n) is 29.1. The van der Waals surface area contributed by atoms with Crippen LogP contribution in [-0.4, -0.2) is 34.3 Å². The zero-order valence-corrected chi connectivity index (χ0v) is 29.1. The van der Waals surface area contributed by atoms with Gasteiger partial charge in [-0.1, -0.05) is 123 Å². The standard InChI is InChI=1S/C43H42N4O5/c1-2-12-36(41(49)45-34(25-40(44)48)24-30-21-22-31-15-6-7-16-32(31)23-30)43(51)52-28-33-17-8-10-19-38(33)46-42(50)37-27-47(26-29-13-4-3-5-14-29)39-20-11-9-18-35(37)39/h3-11,13-23,27,34,36H,2,12,24-26,28H2,1H3,(H2,44,48)(H,45,49)(H,46,50)/t34-,36-/m0/s1. The molecule has 0 saturated carbocycles. The Morgan fingerprint density at radius 1 is 0.788 bits per heavy atom. The number of rotatable bonds is 15. The highest BCUT2D eigenvalue weighted by atomic mass is 16.5. The molecule has 9 nitrogen and oxygen atoms in total. The molecule has 0 aliphatic carbocycles. The van der Waals surface area contributed by atoms with Crippen LogP contribution in [0.4, 0.5) is 5.69 Å². The molecule has 0 aliphatic rings. The summed E-state index contributed by atoms with van der Waals surface area (Å²) in [7, 11) is 0. The first-order valence-corrected chi connectivity index (χ1v) is 17.5.